The zero-order valence-electron chi connectivity index (χ0n) is 19.4. The summed E-state index contributed by atoms with van der Waals surface area (Å²) in [4.78, 5) is 20.8. The number of allylic oxidation sites excluding steroid dienone is 5. The summed E-state index contributed by atoms with van der Waals surface area (Å²) in [6.45, 7) is 14.8. The van der Waals surface area contributed by atoms with Crippen LogP contribution in [-0.2, 0) is 7.05 Å². The molecular weight excluding hydrogens is 388 g/mol. The van der Waals surface area contributed by atoms with Gasteiger partial charge in [-0.05, 0) is 58.1 Å². The van der Waals surface area contributed by atoms with Gasteiger partial charge in [0.2, 0.25) is 5.88 Å². The highest BCUT2D eigenvalue weighted by atomic mass is 16.5. The lowest BCUT2D eigenvalue weighted by Gasteiger charge is -2.12. The van der Waals surface area contributed by atoms with Crippen molar-refractivity contribution in [2.75, 3.05) is 6.61 Å². The molecule has 1 aliphatic rings. The molecule has 31 heavy (non-hydrogen) atoms. The number of ether oxygens (including phenoxy) is 1. The minimum Gasteiger partial charge on any atom is -0.477 e. The van der Waals surface area contributed by atoms with E-state index in [9.17, 15) is 4.79 Å². The van der Waals surface area contributed by atoms with Crippen LogP contribution in [0.15, 0.2) is 52.5 Å². The minimum absolute atomic E-state index is 0.119. The molecular formula is C25H32N4O2. The van der Waals surface area contributed by atoms with Crippen LogP contribution in [0.5, 0.6) is 5.88 Å². The van der Waals surface area contributed by atoms with Crippen LogP contribution < -0.4 is 10.3 Å². The number of hydrogen-bond donors (Lipinski definition) is 0. The first-order chi connectivity index (χ1) is 14.7. The Kier molecular flexibility index (Phi) is 6.88. The predicted molar refractivity (Wildman–Crippen MR) is 124 cm³/mol. The highest BCUT2D eigenvalue weighted by Crippen LogP contribution is 2.47. The molecule has 0 N–H and O–H groups in total. The van der Waals surface area contributed by atoms with Crippen molar-refractivity contribution in [3.05, 3.63) is 69.5 Å². The molecule has 1 aliphatic carbocycles. The van der Waals surface area contributed by atoms with Crippen molar-refractivity contribution in [3.63, 3.8) is 0 Å². The molecule has 0 radical (unpaired) electrons. The van der Waals surface area contributed by atoms with Crippen molar-refractivity contribution in [1.29, 1.82) is 0 Å². The Bertz CT molecular complexity index is 1080. The highest BCUT2D eigenvalue weighted by molar-refractivity contribution is 5.64. The monoisotopic (exact) mass is 420 g/mol. The van der Waals surface area contributed by atoms with Gasteiger partial charge in [0.05, 0.1) is 17.9 Å². The second-order valence-electron chi connectivity index (χ2n) is 8.51. The zero-order valence-corrected chi connectivity index (χ0v) is 19.4. The molecule has 0 bridgehead atoms. The van der Waals surface area contributed by atoms with Crippen LogP contribution in [0, 0.1) is 25.7 Å². The first kappa shape index (κ1) is 22.7. The van der Waals surface area contributed by atoms with Gasteiger partial charge in [-0.2, -0.15) is 10.1 Å². The topological polar surface area (TPSA) is 69.9 Å². The summed E-state index contributed by atoms with van der Waals surface area (Å²) >= 11 is 0. The van der Waals surface area contributed by atoms with Crippen LogP contribution >= 0.6 is 0 Å². The lowest BCUT2D eigenvalue weighted by Crippen LogP contribution is -2.22. The van der Waals surface area contributed by atoms with Crippen LogP contribution in [-0.4, -0.2) is 26.4 Å². The summed E-state index contributed by atoms with van der Waals surface area (Å²) in [5.74, 6) is 2.04. The standard InChI is InChI=1S/C25H32N4O2/c1-8-16(4)20(10-9-15(2)3)21-12-19(21)14-31-24-22(13-26-18(6)27-24)23-11-17(5)25(30)29(7)28-23/h9-11,13,19,21H,4,8,12,14H2,1-3,5-7H3. The van der Waals surface area contributed by atoms with Crippen molar-refractivity contribution < 1.29 is 4.74 Å². The van der Waals surface area contributed by atoms with Gasteiger partial charge in [-0.15, -0.1) is 0 Å². The number of nitrogens with zero attached hydrogens (tertiary/aromatic N) is 4. The summed E-state index contributed by atoms with van der Waals surface area (Å²) in [5, 5.41) is 4.37. The maximum absolute atomic E-state index is 12.0. The molecule has 1 saturated carbocycles. The smallest absolute Gasteiger partial charge is 0.269 e. The third kappa shape index (κ3) is 5.37. The number of hydrogen-bond acceptors (Lipinski definition) is 5. The molecule has 2 atom stereocenters. The molecule has 0 aliphatic heterocycles. The summed E-state index contributed by atoms with van der Waals surface area (Å²) < 4.78 is 7.51. The molecule has 2 unspecified atom stereocenters. The van der Waals surface area contributed by atoms with E-state index in [1.54, 1.807) is 26.2 Å². The van der Waals surface area contributed by atoms with Crippen molar-refractivity contribution >= 4 is 0 Å². The molecule has 0 aromatic carbocycles. The van der Waals surface area contributed by atoms with Crippen LogP contribution in [0.3, 0.4) is 0 Å². The third-order valence-corrected chi connectivity index (χ3v) is 5.58. The molecule has 1 fully saturated rings. The summed E-state index contributed by atoms with van der Waals surface area (Å²) in [5.41, 5.74) is 5.61. The first-order valence-corrected chi connectivity index (χ1v) is 10.8. The molecule has 6 nitrogen and oxygen atoms in total. The largest absolute Gasteiger partial charge is 0.477 e. The zero-order chi connectivity index (χ0) is 22.7. The van der Waals surface area contributed by atoms with Gasteiger partial charge in [0.25, 0.3) is 5.56 Å². The second-order valence-corrected chi connectivity index (χ2v) is 8.51. The molecule has 0 spiro atoms. The summed E-state index contributed by atoms with van der Waals surface area (Å²) in [6.07, 6.45) is 8.11. The Hall–Kier alpha value is -3.02. The van der Waals surface area contributed by atoms with Crippen molar-refractivity contribution in [1.82, 2.24) is 19.7 Å². The van der Waals surface area contributed by atoms with Gasteiger partial charge < -0.3 is 4.74 Å². The van der Waals surface area contributed by atoms with E-state index >= 15 is 0 Å². The Morgan fingerprint density at radius 1 is 1.32 bits per heavy atom. The highest BCUT2D eigenvalue weighted by Gasteiger charge is 2.40. The summed E-state index contributed by atoms with van der Waals surface area (Å²) in [6, 6.07) is 1.76. The molecule has 2 aromatic rings. The van der Waals surface area contributed by atoms with E-state index in [0.717, 1.165) is 12.8 Å². The molecule has 2 aromatic heterocycles. The van der Waals surface area contributed by atoms with Crippen LogP contribution in [0.4, 0.5) is 0 Å². The number of aryl methyl sites for hydroxylation is 3. The first-order valence-electron chi connectivity index (χ1n) is 10.8. The minimum atomic E-state index is -0.119. The fraction of sp³-hybridized carbons (Fsp3) is 0.440. The predicted octanol–water partition coefficient (Wildman–Crippen LogP) is 4.73. The van der Waals surface area contributed by atoms with Gasteiger partial charge in [0.1, 0.15) is 5.82 Å². The van der Waals surface area contributed by atoms with Crippen LogP contribution in [0.2, 0.25) is 0 Å². The van der Waals surface area contributed by atoms with E-state index in [2.05, 4.69) is 54.6 Å². The van der Waals surface area contributed by atoms with Gasteiger partial charge in [-0.1, -0.05) is 36.8 Å². The fourth-order valence-corrected chi connectivity index (χ4v) is 3.59. The van der Waals surface area contributed by atoms with E-state index in [1.165, 1.54) is 21.4 Å². The van der Waals surface area contributed by atoms with Crippen molar-refractivity contribution in [2.45, 2.75) is 47.5 Å². The molecule has 164 valence electrons. The Balaban J connectivity index is 1.80. The Morgan fingerprint density at radius 3 is 2.71 bits per heavy atom. The lowest BCUT2D eigenvalue weighted by molar-refractivity contribution is 0.283. The van der Waals surface area contributed by atoms with Crippen molar-refractivity contribution in [2.24, 2.45) is 18.9 Å². The molecule has 2 heterocycles. The molecule has 0 amide bonds. The van der Waals surface area contributed by atoms with Gasteiger partial charge in [-0.3, -0.25) is 4.79 Å². The third-order valence-electron chi connectivity index (χ3n) is 5.58. The van der Waals surface area contributed by atoms with E-state index < -0.39 is 0 Å². The fourth-order valence-electron chi connectivity index (χ4n) is 3.59. The number of rotatable bonds is 8. The van der Waals surface area contributed by atoms with Gasteiger partial charge in [-0.25, -0.2) is 9.67 Å². The SMILES string of the molecule is C=C(CC)C(=CC=C(C)C)C1CC1COc1nc(C)ncc1-c1cc(C)c(=O)n(C)n1. The average molecular weight is 421 g/mol. The van der Waals surface area contributed by atoms with Crippen LogP contribution in [0.25, 0.3) is 11.3 Å². The van der Waals surface area contributed by atoms with E-state index in [1.807, 2.05) is 6.92 Å². The summed E-state index contributed by atoms with van der Waals surface area (Å²) in [7, 11) is 1.64. The van der Waals surface area contributed by atoms with Crippen molar-refractivity contribution in [3.8, 4) is 17.1 Å². The van der Waals surface area contributed by atoms with E-state index in [4.69, 9.17) is 4.74 Å². The maximum atomic E-state index is 12.0. The number of aromatic nitrogens is 4. The quantitative estimate of drug-likeness (QED) is 0.578. The van der Waals surface area contributed by atoms with Crippen LogP contribution in [0.1, 0.15) is 45.0 Å². The van der Waals surface area contributed by atoms with Gasteiger partial charge >= 0.3 is 0 Å². The van der Waals surface area contributed by atoms with E-state index in [0.29, 0.717) is 47.0 Å². The molecule has 0 saturated heterocycles. The average Bonchev–Trinajstić information content (AvgIpc) is 3.49. The maximum Gasteiger partial charge on any atom is 0.269 e. The van der Waals surface area contributed by atoms with Gasteiger partial charge in [0.15, 0.2) is 0 Å². The Labute approximate surface area is 184 Å². The van der Waals surface area contributed by atoms with Gasteiger partial charge in [0, 0.05) is 24.7 Å². The molecule has 6 heteroatoms. The lowest BCUT2D eigenvalue weighted by atomic mass is 9.98. The second kappa shape index (κ2) is 9.41. The molecule has 3 rings (SSSR count). The Morgan fingerprint density at radius 2 is 2.06 bits per heavy atom. The normalized spacial score (nSPS) is 17.9. The van der Waals surface area contributed by atoms with E-state index in [-0.39, 0.29) is 5.56 Å².